The van der Waals surface area contributed by atoms with Crippen molar-refractivity contribution in [3.63, 3.8) is 0 Å². The minimum Gasteiger partial charge on any atom is -0.508 e. The second kappa shape index (κ2) is 26.9. The molecule has 0 saturated carbocycles. The number of alkyl halides is 1. The van der Waals surface area contributed by atoms with Crippen LogP contribution in [-0.4, -0.2) is 156 Å². The summed E-state index contributed by atoms with van der Waals surface area (Å²) < 4.78 is 42.5. The van der Waals surface area contributed by atoms with E-state index >= 15 is 4.39 Å². The average molecular weight is 1020 g/mol. The topological polar surface area (TPSA) is 408 Å². The standard InChI is InChI=1S/C44H66FN11O14S/c1-5-23(4)37-43(67)51-27(10-11-33(46)58)39(63)53-31(19-34(47)59)40(64)52-28(12-14-71(69,70)15-13-36(61)50-30(41(65)55-37)17-24-6-8-26(57)9-7-24)44(68)56-21-25(45)18-32(56)42(66)54-29(16-22(2)3)38(62)49-20-35(48)60/h6-9,22-23,25,27-32,37,57H,5,10-21H2,1-4H3,(H2,46,58)(H2,47,59)(H2,48,60)(H,49,62)(H,50,61)(H,51,67)(H,52,64)(H,53,63)(H,54,66)(H,55,65)/t23-,25-,27-,28-,29-,30+,31-,32-,37-/m0/s1. The molecule has 25 nitrogen and oxygen atoms in total. The number of nitrogens with one attached hydrogen (secondary N) is 7. The molecule has 0 aliphatic carbocycles. The second-order valence-corrected chi connectivity index (χ2v) is 20.4. The van der Waals surface area contributed by atoms with Crippen LogP contribution in [0.1, 0.15) is 84.6 Å². The Morgan fingerprint density at radius 1 is 0.817 bits per heavy atom. The third kappa shape index (κ3) is 19.1. The molecule has 0 unspecified atom stereocenters. The molecule has 2 aliphatic rings. The van der Waals surface area contributed by atoms with Crippen LogP contribution >= 0.6 is 0 Å². The van der Waals surface area contributed by atoms with Crippen molar-refractivity contribution >= 4 is 74.8 Å². The molecule has 2 aliphatic heterocycles. The quantitative estimate of drug-likeness (QED) is 0.0706. The van der Waals surface area contributed by atoms with Crippen LogP contribution in [-0.2, 0) is 69.0 Å². The van der Waals surface area contributed by atoms with Gasteiger partial charge in [-0.2, -0.15) is 0 Å². The molecule has 2 heterocycles. The first kappa shape index (κ1) is 58.4. The number of likely N-dealkylation sites (tertiary alicyclic amines) is 1. The number of phenolic OH excluding ortho intramolecular Hbond substituents is 1. The van der Waals surface area contributed by atoms with Gasteiger partial charge < -0.3 is 64.4 Å². The highest BCUT2D eigenvalue weighted by Gasteiger charge is 2.44. The number of nitrogens with two attached hydrogens (primary N) is 3. The van der Waals surface area contributed by atoms with Crippen molar-refractivity contribution in [3.8, 4) is 5.75 Å². The number of rotatable bonds is 17. The number of carbonyl (C=O) groups excluding carboxylic acids is 11. The molecular weight excluding hydrogens is 958 g/mol. The van der Waals surface area contributed by atoms with Crippen LogP contribution in [0.5, 0.6) is 5.75 Å². The Morgan fingerprint density at radius 3 is 2.03 bits per heavy atom. The van der Waals surface area contributed by atoms with E-state index in [2.05, 4.69) is 37.2 Å². The van der Waals surface area contributed by atoms with Crippen molar-refractivity contribution in [2.45, 2.75) is 134 Å². The molecule has 3 rings (SSSR count). The number of amides is 11. The van der Waals surface area contributed by atoms with E-state index in [1.54, 1.807) is 27.7 Å². The molecule has 0 aromatic heterocycles. The maximum atomic E-state index is 15.3. The summed E-state index contributed by atoms with van der Waals surface area (Å²) in [6.07, 6.45) is -5.84. The van der Waals surface area contributed by atoms with E-state index in [1.807, 2.05) is 0 Å². The van der Waals surface area contributed by atoms with Gasteiger partial charge in [0, 0.05) is 25.7 Å². The Hall–Kier alpha value is -6.93. The van der Waals surface area contributed by atoms with Crippen molar-refractivity contribution in [2.24, 2.45) is 29.0 Å². The largest absolute Gasteiger partial charge is 0.508 e. The average Bonchev–Trinajstić information content (AvgIpc) is 3.69. The second-order valence-electron chi connectivity index (χ2n) is 18.1. The Bertz CT molecular complexity index is 2270. The lowest BCUT2D eigenvalue weighted by Crippen LogP contribution is -2.61. The third-order valence-electron chi connectivity index (χ3n) is 11.8. The van der Waals surface area contributed by atoms with Gasteiger partial charge in [0.25, 0.3) is 0 Å². The van der Waals surface area contributed by atoms with Crippen molar-refractivity contribution in [1.82, 2.24) is 42.1 Å². The normalized spacial score (nSPS) is 24.7. The Morgan fingerprint density at radius 2 is 1.44 bits per heavy atom. The van der Waals surface area contributed by atoms with Gasteiger partial charge in [-0.3, -0.25) is 52.7 Å². The number of halogens is 1. The maximum Gasteiger partial charge on any atom is 0.245 e. The number of hydrogen-bond acceptors (Lipinski definition) is 14. The van der Waals surface area contributed by atoms with Crippen LogP contribution in [0.3, 0.4) is 0 Å². The van der Waals surface area contributed by atoms with Crippen LogP contribution in [0.25, 0.3) is 0 Å². The van der Waals surface area contributed by atoms with Crippen molar-refractivity contribution < 1.29 is 70.7 Å². The molecule has 0 spiro atoms. The van der Waals surface area contributed by atoms with E-state index in [-0.39, 0.29) is 30.9 Å². The van der Waals surface area contributed by atoms with Gasteiger partial charge in [-0.05, 0) is 48.8 Å². The number of aromatic hydroxyl groups is 1. The predicted octanol–water partition coefficient (Wildman–Crippen LogP) is -4.17. The maximum absolute atomic E-state index is 15.3. The van der Waals surface area contributed by atoms with Gasteiger partial charge in [0.1, 0.15) is 54.2 Å². The van der Waals surface area contributed by atoms with Gasteiger partial charge >= 0.3 is 0 Å². The smallest absolute Gasteiger partial charge is 0.245 e. The summed E-state index contributed by atoms with van der Waals surface area (Å²) in [7, 11) is -4.36. The monoisotopic (exact) mass is 1020 g/mol. The summed E-state index contributed by atoms with van der Waals surface area (Å²) in [6, 6.07) is -5.84. The lowest BCUT2D eigenvalue weighted by atomic mass is 9.96. The van der Waals surface area contributed by atoms with Crippen molar-refractivity contribution in [1.29, 1.82) is 0 Å². The fourth-order valence-corrected chi connectivity index (χ4v) is 9.02. The number of nitrogens with zero attached hydrogens (tertiary/aromatic N) is 1. The van der Waals surface area contributed by atoms with E-state index in [4.69, 9.17) is 17.2 Å². The zero-order chi connectivity index (χ0) is 53.3. The summed E-state index contributed by atoms with van der Waals surface area (Å²) in [5, 5.41) is 26.6. The van der Waals surface area contributed by atoms with E-state index in [1.165, 1.54) is 24.3 Å². The lowest BCUT2D eigenvalue weighted by molar-refractivity contribution is -0.143. The molecule has 2 saturated heterocycles. The highest BCUT2D eigenvalue weighted by atomic mass is 32.2. The minimum absolute atomic E-state index is 0.0232. The number of phenols is 1. The van der Waals surface area contributed by atoms with E-state index < -0.39 is 192 Å². The van der Waals surface area contributed by atoms with Crippen LogP contribution in [0.4, 0.5) is 4.39 Å². The molecule has 14 N–H and O–H groups in total. The first-order chi connectivity index (χ1) is 33.2. The van der Waals surface area contributed by atoms with Crippen LogP contribution in [0.2, 0.25) is 0 Å². The van der Waals surface area contributed by atoms with Crippen LogP contribution in [0, 0.1) is 11.8 Å². The first-order valence-corrected chi connectivity index (χ1v) is 24.9. The zero-order valence-corrected chi connectivity index (χ0v) is 40.8. The number of hydrogen-bond donors (Lipinski definition) is 11. The van der Waals surface area contributed by atoms with E-state index in [9.17, 15) is 66.3 Å². The summed E-state index contributed by atoms with van der Waals surface area (Å²) in [5.41, 5.74) is 16.4. The third-order valence-corrected chi connectivity index (χ3v) is 13.4. The van der Waals surface area contributed by atoms with Gasteiger partial charge in [0.15, 0.2) is 9.84 Å². The molecule has 394 valence electrons. The summed E-state index contributed by atoms with van der Waals surface area (Å²) in [4.78, 5) is 147. The fraction of sp³-hybridized carbons (Fsp3) is 0.614. The van der Waals surface area contributed by atoms with Crippen molar-refractivity contribution in [3.05, 3.63) is 29.8 Å². The fourth-order valence-electron chi connectivity index (χ4n) is 7.72. The van der Waals surface area contributed by atoms with Gasteiger partial charge in [-0.25, -0.2) is 12.8 Å². The molecule has 1 aromatic carbocycles. The molecular formula is C44H66FN11O14S. The van der Waals surface area contributed by atoms with Crippen LogP contribution in [0.15, 0.2) is 24.3 Å². The molecule has 27 heteroatoms. The summed E-state index contributed by atoms with van der Waals surface area (Å²) in [6.45, 7) is 5.39. The highest BCUT2D eigenvalue weighted by Crippen LogP contribution is 2.24. The molecule has 0 bridgehead atoms. The Balaban J connectivity index is 2.12. The number of carbonyl (C=O) groups is 11. The number of sulfone groups is 1. The molecule has 2 fully saturated rings. The van der Waals surface area contributed by atoms with Crippen LogP contribution < -0.4 is 54.4 Å². The Kier molecular flexibility index (Phi) is 22.1. The predicted molar refractivity (Wildman–Crippen MR) is 250 cm³/mol. The molecule has 9 atom stereocenters. The van der Waals surface area contributed by atoms with Gasteiger partial charge in [0.05, 0.1) is 31.0 Å². The number of benzene rings is 1. The minimum atomic E-state index is -4.36. The van der Waals surface area contributed by atoms with Gasteiger partial charge in [-0.1, -0.05) is 46.2 Å². The van der Waals surface area contributed by atoms with Gasteiger partial charge in [0.2, 0.25) is 65.0 Å². The first-order valence-electron chi connectivity index (χ1n) is 23.1. The SMILES string of the molecule is CC[C@H](C)[C@@H]1NC(=O)[C@@H](Cc2ccc(O)cc2)NC(=O)CCS(=O)(=O)CC[C@@H](C(=O)N2C[C@@H](F)C[C@H]2C(=O)N[C@@H](CC(C)C)C(=O)NCC(N)=O)NC(=O)[C@H](CC(N)=O)NC(=O)[C@H](CCC(N)=O)NC1=O. The lowest BCUT2D eigenvalue weighted by Gasteiger charge is -2.31. The van der Waals surface area contributed by atoms with E-state index in [0.717, 1.165) is 4.90 Å². The van der Waals surface area contributed by atoms with Gasteiger partial charge in [-0.15, -0.1) is 0 Å². The molecule has 71 heavy (non-hydrogen) atoms. The molecule has 0 radical (unpaired) electrons. The number of primary amides is 3. The van der Waals surface area contributed by atoms with E-state index in [0.29, 0.717) is 5.56 Å². The van der Waals surface area contributed by atoms with Crippen molar-refractivity contribution in [2.75, 3.05) is 24.6 Å². The molecule has 1 aromatic rings. The zero-order valence-electron chi connectivity index (χ0n) is 40.0. The Labute approximate surface area is 409 Å². The summed E-state index contributed by atoms with van der Waals surface area (Å²) in [5.74, 6) is -14.1. The summed E-state index contributed by atoms with van der Waals surface area (Å²) >= 11 is 0. The highest BCUT2D eigenvalue weighted by molar-refractivity contribution is 7.91. The molecule has 11 amide bonds.